The van der Waals surface area contributed by atoms with Crippen LogP contribution < -0.4 is 0 Å². The van der Waals surface area contributed by atoms with E-state index in [1.807, 2.05) is 57.7 Å². The number of hydrogen-bond acceptors (Lipinski definition) is 1. The third-order valence-electron chi connectivity index (χ3n) is 1.59. The van der Waals surface area contributed by atoms with Gasteiger partial charge < -0.3 is 0 Å². The Morgan fingerprint density at radius 2 is 1.71 bits per heavy atom. The molecular formula is C12H17N2+. The van der Waals surface area contributed by atoms with Gasteiger partial charge in [-0.2, -0.15) is 0 Å². The van der Waals surface area contributed by atoms with Gasteiger partial charge in [0.1, 0.15) is 0 Å². The van der Waals surface area contributed by atoms with E-state index in [-0.39, 0.29) is 0 Å². The smallest absolute Gasteiger partial charge is 0.0923 e. The van der Waals surface area contributed by atoms with E-state index in [1.165, 1.54) is 5.56 Å². The lowest BCUT2D eigenvalue weighted by atomic mass is 10.2. The second kappa shape index (κ2) is 4.72. The Morgan fingerprint density at radius 1 is 1.07 bits per heavy atom. The summed E-state index contributed by atoms with van der Waals surface area (Å²) in [4.78, 5) is 0. The standard InChI is InChI=1S/C12H17N2/c1-14(2,3)13-11-7-10-12-8-5-4-6-9-12/h4-11H,1-3H3/q+1. The van der Waals surface area contributed by atoms with Crippen LogP contribution in [-0.2, 0) is 0 Å². The van der Waals surface area contributed by atoms with Crippen molar-refractivity contribution in [3.63, 3.8) is 0 Å². The largest absolute Gasteiger partial charge is 0.205 e. The van der Waals surface area contributed by atoms with E-state index in [0.29, 0.717) is 4.59 Å². The first-order valence-electron chi connectivity index (χ1n) is 4.67. The average Bonchev–Trinajstić information content (AvgIpc) is 2.13. The average molecular weight is 189 g/mol. The number of allylic oxidation sites excluding steroid dienone is 1. The maximum atomic E-state index is 4.30. The monoisotopic (exact) mass is 189 g/mol. The minimum atomic E-state index is 0.596. The van der Waals surface area contributed by atoms with E-state index in [9.17, 15) is 0 Å². The summed E-state index contributed by atoms with van der Waals surface area (Å²) < 4.78 is 0.596. The van der Waals surface area contributed by atoms with Crippen molar-refractivity contribution in [2.45, 2.75) is 0 Å². The molecule has 2 heteroatoms. The fourth-order valence-corrected chi connectivity index (χ4v) is 0.957. The van der Waals surface area contributed by atoms with Crippen LogP contribution in [0.25, 0.3) is 6.08 Å². The summed E-state index contributed by atoms with van der Waals surface area (Å²) in [6.07, 6.45) is 5.82. The normalized spacial score (nSPS) is 12.8. The highest BCUT2D eigenvalue weighted by atomic mass is 15.6. The molecule has 0 fully saturated rings. The lowest BCUT2D eigenvalue weighted by molar-refractivity contribution is -0.876. The van der Waals surface area contributed by atoms with Crippen molar-refractivity contribution >= 4 is 12.3 Å². The Balaban J connectivity index is 2.54. The summed E-state index contributed by atoms with van der Waals surface area (Å²) in [7, 11) is 6.06. The number of hydrogen-bond donors (Lipinski definition) is 0. The van der Waals surface area contributed by atoms with E-state index in [4.69, 9.17) is 0 Å². The molecule has 0 saturated carbocycles. The Hall–Kier alpha value is -1.41. The molecule has 0 aliphatic heterocycles. The van der Waals surface area contributed by atoms with Gasteiger partial charge >= 0.3 is 0 Å². The van der Waals surface area contributed by atoms with Crippen LogP contribution in [0.15, 0.2) is 41.5 Å². The molecule has 1 rings (SSSR count). The summed E-state index contributed by atoms with van der Waals surface area (Å²) in [6, 6.07) is 10.2. The SMILES string of the molecule is C[N+](C)(C)N=CC=Cc1ccccc1. The van der Waals surface area contributed by atoms with Crippen LogP contribution in [0.2, 0.25) is 0 Å². The second-order valence-electron chi connectivity index (χ2n) is 3.98. The van der Waals surface area contributed by atoms with Gasteiger partial charge in [-0.05, 0) is 11.6 Å². The zero-order valence-electron chi connectivity index (χ0n) is 9.01. The topological polar surface area (TPSA) is 12.4 Å². The zero-order chi connectivity index (χ0) is 10.4. The van der Waals surface area contributed by atoms with E-state index in [1.54, 1.807) is 0 Å². The minimum Gasteiger partial charge on any atom is -0.205 e. The number of rotatable bonds is 3. The summed E-state index contributed by atoms with van der Waals surface area (Å²) in [5.41, 5.74) is 1.19. The molecule has 74 valence electrons. The van der Waals surface area contributed by atoms with Crippen LogP contribution in [0.5, 0.6) is 0 Å². The van der Waals surface area contributed by atoms with Crippen LogP contribution in [0.3, 0.4) is 0 Å². The van der Waals surface area contributed by atoms with Crippen molar-refractivity contribution < 1.29 is 4.59 Å². The zero-order valence-corrected chi connectivity index (χ0v) is 9.01. The first kappa shape index (κ1) is 10.7. The van der Waals surface area contributed by atoms with Crippen LogP contribution in [0.4, 0.5) is 0 Å². The summed E-state index contributed by atoms with van der Waals surface area (Å²) in [5, 5.41) is 4.30. The van der Waals surface area contributed by atoms with Crippen LogP contribution in [0, 0.1) is 0 Å². The van der Waals surface area contributed by atoms with Crippen molar-refractivity contribution in [2.75, 3.05) is 21.1 Å². The molecule has 0 saturated heterocycles. The Morgan fingerprint density at radius 3 is 2.29 bits per heavy atom. The van der Waals surface area contributed by atoms with Crippen molar-refractivity contribution in [3.8, 4) is 0 Å². The van der Waals surface area contributed by atoms with Crippen LogP contribution in [-0.4, -0.2) is 31.9 Å². The van der Waals surface area contributed by atoms with Crippen molar-refractivity contribution in [1.82, 2.24) is 0 Å². The van der Waals surface area contributed by atoms with Crippen LogP contribution in [0.1, 0.15) is 5.56 Å². The van der Waals surface area contributed by atoms with Gasteiger partial charge in [-0.15, -0.1) is 0 Å². The highest BCUT2D eigenvalue weighted by molar-refractivity contribution is 5.77. The fraction of sp³-hybridized carbons (Fsp3) is 0.250. The first-order chi connectivity index (χ1) is 6.58. The molecule has 0 amide bonds. The molecule has 1 aromatic rings. The molecule has 0 N–H and O–H groups in total. The molecule has 0 atom stereocenters. The van der Waals surface area contributed by atoms with Gasteiger partial charge in [0.2, 0.25) is 0 Å². The van der Waals surface area contributed by atoms with Gasteiger partial charge in [0.05, 0.1) is 27.4 Å². The molecule has 0 unspecified atom stereocenters. The van der Waals surface area contributed by atoms with Gasteiger partial charge in [0, 0.05) is 0 Å². The maximum Gasteiger partial charge on any atom is 0.0923 e. The molecule has 0 bridgehead atoms. The second-order valence-corrected chi connectivity index (χ2v) is 3.98. The molecular weight excluding hydrogens is 172 g/mol. The number of quaternary nitrogens is 1. The van der Waals surface area contributed by atoms with E-state index in [2.05, 4.69) is 17.2 Å². The third kappa shape index (κ3) is 4.58. The number of nitrogens with zero attached hydrogens (tertiary/aromatic N) is 2. The van der Waals surface area contributed by atoms with E-state index in [0.717, 1.165) is 0 Å². The lowest BCUT2D eigenvalue weighted by Gasteiger charge is -2.13. The molecule has 14 heavy (non-hydrogen) atoms. The van der Waals surface area contributed by atoms with E-state index >= 15 is 0 Å². The Bertz CT molecular complexity index is 318. The predicted octanol–water partition coefficient (Wildman–Crippen LogP) is 2.39. The van der Waals surface area contributed by atoms with Crippen molar-refractivity contribution in [3.05, 3.63) is 42.0 Å². The van der Waals surface area contributed by atoms with Crippen molar-refractivity contribution in [2.24, 2.45) is 5.10 Å². The first-order valence-corrected chi connectivity index (χ1v) is 4.67. The molecule has 1 aromatic carbocycles. The minimum absolute atomic E-state index is 0.596. The van der Waals surface area contributed by atoms with Gasteiger partial charge in [0.15, 0.2) is 0 Å². The molecule has 0 heterocycles. The molecule has 0 aliphatic carbocycles. The van der Waals surface area contributed by atoms with Gasteiger partial charge in [-0.3, -0.25) is 0 Å². The highest BCUT2D eigenvalue weighted by Crippen LogP contribution is 2.00. The maximum absolute atomic E-state index is 4.30. The Kier molecular flexibility index (Phi) is 3.60. The summed E-state index contributed by atoms with van der Waals surface area (Å²) in [5.74, 6) is 0. The van der Waals surface area contributed by atoms with Gasteiger partial charge in [-0.1, -0.05) is 41.5 Å². The molecule has 2 nitrogen and oxygen atoms in total. The molecule has 0 spiro atoms. The molecule has 0 radical (unpaired) electrons. The highest BCUT2D eigenvalue weighted by Gasteiger charge is 1.98. The predicted molar refractivity (Wildman–Crippen MR) is 62.0 cm³/mol. The van der Waals surface area contributed by atoms with Crippen LogP contribution >= 0.6 is 0 Å². The number of benzene rings is 1. The molecule has 0 aliphatic rings. The lowest BCUT2D eigenvalue weighted by Crippen LogP contribution is -2.26. The van der Waals surface area contributed by atoms with Gasteiger partial charge in [-0.25, -0.2) is 4.59 Å². The van der Waals surface area contributed by atoms with Crippen molar-refractivity contribution in [1.29, 1.82) is 0 Å². The van der Waals surface area contributed by atoms with Gasteiger partial charge in [0.25, 0.3) is 0 Å². The third-order valence-corrected chi connectivity index (χ3v) is 1.59. The molecule has 0 aromatic heterocycles. The van der Waals surface area contributed by atoms with E-state index < -0.39 is 0 Å². The quantitative estimate of drug-likeness (QED) is 0.393. The summed E-state index contributed by atoms with van der Waals surface area (Å²) in [6.45, 7) is 0. The summed E-state index contributed by atoms with van der Waals surface area (Å²) >= 11 is 0. The fourth-order valence-electron chi connectivity index (χ4n) is 0.957. The Labute approximate surface area is 85.8 Å².